The zero-order valence-corrected chi connectivity index (χ0v) is 9.84. The van der Waals surface area contributed by atoms with Gasteiger partial charge in [-0.1, -0.05) is 18.6 Å². The molecule has 2 fully saturated rings. The highest BCUT2D eigenvalue weighted by Gasteiger charge is 2.49. The second kappa shape index (κ2) is 4.67. The van der Waals surface area contributed by atoms with Gasteiger partial charge in [0.25, 0.3) is 0 Å². The summed E-state index contributed by atoms with van der Waals surface area (Å²) in [6.07, 6.45) is 11.1. The first-order chi connectivity index (χ1) is 7.30. The molecule has 3 unspecified atom stereocenters. The van der Waals surface area contributed by atoms with Crippen molar-refractivity contribution in [1.29, 1.82) is 0 Å². The van der Waals surface area contributed by atoms with Gasteiger partial charge < -0.3 is 11.1 Å². The van der Waals surface area contributed by atoms with Crippen LogP contribution in [0.2, 0.25) is 0 Å². The van der Waals surface area contributed by atoms with Gasteiger partial charge in [-0.05, 0) is 51.0 Å². The van der Waals surface area contributed by atoms with Crippen LogP contribution in [-0.4, -0.2) is 18.6 Å². The molecule has 0 heterocycles. The van der Waals surface area contributed by atoms with Gasteiger partial charge in [0.15, 0.2) is 0 Å². The smallest absolute Gasteiger partial charge is 0.0335 e. The van der Waals surface area contributed by atoms with Crippen LogP contribution < -0.4 is 11.1 Å². The quantitative estimate of drug-likeness (QED) is 0.536. The topological polar surface area (TPSA) is 38.0 Å². The molecule has 0 saturated heterocycles. The van der Waals surface area contributed by atoms with Crippen LogP contribution in [0.4, 0.5) is 0 Å². The first-order valence-corrected chi connectivity index (χ1v) is 6.37. The van der Waals surface area contributed by atoms with Crippen molar-refractivity contribution >= 4 is 0 Å². The maximum absolute atomic E-state index is 5.99. The molecule has 0 aromatic carbocycles. The molecule has 0 aliphatic heterocycles. The monoisotopic (exact) mass is 208 g/mol. The Morgan fingerprint density at radius 1 is 1.47 bits per heavy atom. The van der Waals surface area contributed by atoms with Crippen molar-refractivity contribution in [3.05, 3.63) is 12.2 Å². The van der Waals surface area contributed by atoms with Crippen LogP contribution in [0.15, 0.2) is 12.2 Å². The van der Waals surface area contributed by atoms with Crippen LogP contribution in [0.3, 0.4) is 0 Å². The maximum Gasteiger partial charge on any atom is 0.0335 e. The van der Waals surface area contributed by atoms with E-state index in [1.807, 2.05) is 0 Å². The molecule has 0 aromatic rings. The first-order valence-electron chi connectivity index (χ1n) is 6.37. The lowest BCUT2D eigenvalue weighted by atomic mass is 9.81. The van der Waals surface area contributed by atoms with Crippen molar-refractivity contribution < 1.29 is 0 Å². The van der Waals surface area contributed by atoms with Crippen LogP contribution in [0, 0.1) is 11.8 Å². The van der Waals surface area contributed by atoms with Crippen molar-refractivity contribution in [2.24, 2.45) is 17.6 Å². The highest BCUT2D eigenvalue weighted by Crippen LogP contribution is 2.50. The number of nitrogens with two attached hydrogens (primary N) is 1. The number of fused-ring (bicyclic) bond motifs is 2. The zero-order valence-electron chi connectivity index (χ0n) is 9.84. The molecule has 2 nitrogen and oxygen atoms in total. The Morgan fingerprint density at radius 3 is 2.87 bits per heavy atom. The number of nitrogens with one attached hydrogen (secondary N) is 1. The van der Waals surface area contributed by atoms with E-state index in [1.54, 1.807) is 0 Å². The summed E-state index contributed by atoms with van der Waals surface area (Å²) in [4.78, 5) is 0. The van der Waals surface area contributed by atoms with E-state index in [-0.39, 0.29) is 0 Å². The average molecular weight is 208 g/mol. The molecule has 3 atom stereocenters. The van der Waals surface area contributed by atoms with E-state index >= 15 is 0 Å². The Bertz CT molecular complexity index is 237. The molecule has 2 bridgehead atoms. The number of allylic oxidation sites excluding steroid dienone is 1. The summed E-state index contributed by atoms with van der Waals surface area (Å²) < 4.78 is 0. The van der Waals surface area contributed by atoms with Crippen molar-refractivity contribution in [2.45, 2.75) is 44.6 Å². The summed E-state index contributed by atoms with van der Waals surface area (Å²) in [6, 6.07) is 0. The second-order valence-corrected chi connectivity index (χ2v) is 5.22. The fraction of sp³-hybridized carbons (Fsp3) is 0.846. The summed E-state index contributed by atoms with van der Waals surface area (Å²) in [6.45, 7) is 3.99. The van der Waals surface area contributed by atoms with E-state index in [0.29, 0.717) is 5.54 Å². The molecule has 0 aromatic heterocycles. The average Bonchev–Trinajstić information content (AvgIpc) is 2.85. The van der Waals surface area contributed by atoms with Gasteiger partial charge in [0.1, 0.15) is 0 Å². The molecule has 2 aliphatic rings. The van der Waals surface area contributed by atoms with Crippen LogP contribution >= 0.6 is 0 Å². The third kappa shape index (κ3) is 2.11. The number of rotatable bonds is 5. The third-order valence-corrected chi connectivity index (χ3v) is 4.36. The molecule has 2 heteroatoms. The van der Waals surface area contributed by atoms with Gasteiger partial charge >= 0.3 is 0 Å². The van der Waals surface area contributed by atoms with E-state index in [9.17, 15) is 0 Å². The Kier molecular flexibility index (Phi) is 3.47. The van der Waals surface area contributed by atoms with E-state index < -0.39 is 0 Å². The summed E-state index contributed by atoms with van der Waals surface area (Å²) in [5, 5.41) is 3.73. The predicted molar refractivity (Wildman–Crippen MR) is 64.7 cm³/mol. The minimum absolute atomic E-state index is 0.296. The van der Waals surface area contributed by atoms with Gasteiger partial charge in [-0.3, -0.25) is 0 Å². The van der Waals surface area contributed by atoms with Crippen molar-refractivity contribution in [3.63, 3.8) is 0 Å². The lowest BCUT2D eigenvalue weighted by Gasteiger charge is -2.38. The fourth-order valence-corrected chi connectivity index (χ4v) is 3.55. The Balaban J connectivity index is 1.86. The molecular formula is C13H24N2. The fourth-order valence-electron chi connectivity index (χ4n) is 3.55. The van der Waals surface area contributed by atoms with E-state index in [4.69, 9.17) is 5.73 Å². The maximum atomic E-state index is 5.99. The Hall–Kier alpha value is -0.340. The SMILES string of the molecule is C/C=C/CCNC1(CN)CC2CCC1C2. The Labute approximate surface area is 93.3 Å². The van der Waals surface area contributed by atoms with Crippen molar-refractivity contribution in [3.8, 4) is 0 Å². The van der Waals surface area contributed by atoms with Gasteiger partial charge in [-0.2, -0.15) is 0 Å². The minimum Gasteiger partial charge on any atom is -0.329 e. The summed E-state index contributed by atoms with van der Waals surface area (Å²) in [7, 11) is 0. The standard InChI is InChI=1S/C13H24N2/c1-2-3-4-7-15-13(10-14)9-11-5-6-12(13)8-11/h2-3,11-12,15H,4-10,14H2,1H3/b3-2+. The van der Waals surface area contributed by atoms with E-state index in [0.717, 1.165) is 31.3 Å². The molecule has 86 valence electrons. The van der Waals surface area contributed by atoms with E-state index in [2.05, 4.69) is 24.4 Å². The summed E-state index contributed by atoms with van der Waals surface area (Å²) >= 11 is 0. The summed E-state index contributed by atoms with van der Waals surface area (Å²) in [5.41, 5.74) is 6.29. The lowest BCUT2D eigenvalue weighted by Crippen LogP contribution is -2.55. The Morgan fingerprint density at radius 2 is 2.33 bits per heavy atom. The molecule has 2 rings (SSSR count). The molecule has 2 saturated carbocycles. The largest absolute Gasteiger partial charge is 0.329 e. The van der Waals surface area contributed by atoms with Gasteiger partial charge in [-0.15, -0.1) is 0 Å². The van der Waals surface area contributed by atoms with Crippen molar-refractivity contribution in [1.82, 2.24) is 5.32 Å². The molecule has 2 aliphatic carbocycles. The molecule has 0 amide bonds. The summed E-state index contributed by atoms with van der Waals surface area (Å²) in [5.74, 6) is 1.82. The normalized spacial score (nSPS) is 39.3. The van der Waals surface area contributed by atoms with Crippen LogP contribution in [0.25, 0.3) is 0 Å². The number of hydrogen-bond acceptors (Lipinski definition) is 2. The van der Waals surface area contributed by atoms with Gasteiger partial charge in [0.2, 0.25) is 0 Å². The molecule has 15 heavy (non-hydrogen) atoms. The number of hydrogen-bond donors (Lipinski definition) is 2. The van der Waals surface area contributed by atoms with Crippen LogP contribution in [0.5, 0.6) is 0 Å². The zero-order chi connectivity index (χ0) is 10.7. The van der Waals surface area contributed by atoms with Gasteiger partial charge in [0, 0.05) is 12.1 Å². The van der Waals surface area contributed by atoms with Crippen LogP contribution in [0.1, 0.15) is 39.0 Å². The molecule has 3 N–H and O–H groups in total. The lowest BCUT2D eigenvalue weighted by molar-refractivity contribution is 0.218. The molecular weight excluding hydrogens is 184 g/mol. The van der Waals surface area contributed by atoms with E-state index in [1.165, 1.54) is 25.7 Å². The predicted octanol–water partition coefficient (Wildman–Crippen LogP) is 2.06. The highest BCUT2D eigenvalue weighted by atomic mass is 15.0. The van der Waals surface area contributed by atoms with Gasteiger partial charge in [-0.25, -0.2) is 0 Å². The minimum atomic E-state index is 0.296. The third-order valence-electron chi connectivity index (χ3n) is 4.36. The molecule has 0 radical (unpaired) electrons. The second-order valence-electron chi connectivity index (χ2n) is 5.22. The van der Waals surface area contributed by atoms with Crippen molar-refractivity contribution in [2.75, 3.05) is 13.1 Å². The first kappa shape index (κ1) is 11.2. The highest BCUT2D eigenvalue weighted by molar-refractivity contribution is 5.07. The van der Waals surface area contributed by atoms with Gasteiger partial charge in [0.05, 0.1) is 0 Å². The van der Waals surface area contributed by atoms with Crippen LogP contribution in [-0.2, 0) is 0 Å². The molecule has 0 spiro atoms.